The van der Waals surface area contributed by atoms with E-state index >= 15 is 0 Å². The summed E-state index contributed by atoms with van der Waals surface area (Å²) >= 11 is 0. The number of hydrogen-bond acceptors (Lipinski definition) is 5. The first-order valence-electron chi connectivity index (χ1n) is 8.75. The van der Waals surface area contributed by atoms with Crippen LogP contribution in [0.1, 0.15) is 5.82 Å². The first-order valence-corrected chi connectivity index (χ1v) is 8.75. The van der Waals surface area contributed by atoms with Crippen LogP contribution in [0.2, 0.25) is 0 Å². The smallest absolute Gasteiger partial charge is 0.449 e. The number of alkyl halides is 3. The fourth-order valence-electron chi connectivity index (χ4n) is 2.96. The van der Waals surface area contributed by atoms with E-state index in [2.05, 4.69) is 20.6 Å². The Morgan fingerprint density at radius 3 is 2.76 bits per heavy atom. The summed E-state index contributed by atoms with van der Waals surface area (Å²) in [7, 11) is 0. The van der Waals surface area contributed by atoms with Gasteiger partial charge in [0.15, 0.2) is 17.1 Å². The summed E-state index contributed by atoms with van der Waals surface area (Å²) < 4.78 is 51.6. The molecule has 0 atom stereocenters. The molecule has 0 fully saturated rings. The number of carbonyl (C=O) groups is 1. The van der Waals surface area contributed by atoms with Crippen LogP contribution in [0.25, 0.3) is 11.2 Å². The molecule has 2 aromatic heterocycles. The Labute approximate surface area is 162 Å². The molecule has 2 N–H and O–H groups in total. The van der Waals surface area contributed by atoms with E-state index in [-0.39, 0.29) is 24.3 Å². The number of nitrogens with one attached hydrogen (secondary N) is 2. The summed E-state index contributed by atoms with van der Waals surface area (Å²) in [5.41, 5.74) is 0.715. The highest BCUT2D eigenvalue weighted by atomic mass is 19.4. The Balaban J connectivity index is 1.41. The number of pyridine rings is 1. The molecule has 4 rings (SSSR count). The van der Waals surface area contributed by atoms with Gasteiger partial charge in [-0.25, -0.2) is 14.8 Å². The molecular formula is C18H16F3N5O3. The molecule has 0 radical (unpaired) electrons. The summed E-state index contributed by atoms with van der Waals surface area (Å²) in [6.07, 6.45) is -3.24. The highest BCUT2D eigenvalue weighted by molar-refractivity contribution is 5.89. The van der Waals surface area contributed by atoms with Gasteiger partial charge in [-0.2, -0.15) is 13.2 Å². The number of urea groups is 1. The maximum absolute atomic E-state index is 13.3. The highest BCUT2D eigenvalue weighted by Crippen LogP contribution is 2.33. The van der Waals surface area contributed by atoms with Crippen LogP contribution in [0.15, 0.2) is 36.5 Å². The molecule has 0 aliphatic carbocycles. The van der Waals surface area contributed by atoms with E-state index in [0.717, 1.165) is 4.57 Å². The third-order valence-corrected chi connectivity index (χ3v) is 4.18. The number of ether oxygens (including phenoxy) is 2. The molecule has 29 heavy (non-hydrogen) atoms. The summed E-state index contributed by atoms with van der Waals surface area (Å²) in [6.45, 7) is 0.674. The Hall–Kier alpha value is -3.50. The summed E-state index contributed by atoms with van der Waals surface area (Å²) in [4.78, 5) is 19.7. The van der Waals surface area contributed by atoms with E-state index < -0.39 is 18.0 Å². The zero-order chi connectivity index (χ0) is 20.4. The minimum absolute atomic E-state index is 0.0541. The Morgan fingerprint density at radius 2 is 1.97 bits per heavy atom. The van der Waals surface area contributed by atoms with Gasteiger partial charge < -0.3 is 24.7 Å². The number of halogens is 3. The highest BCUT2D eigenvalue weighted by Gasteiger charge is 2.37. The van der Waals surface area contributed by atoms with Gasteiger partial charge in [-0.1, -0.05) is 0 Å². The Morgan fingerprint density at radius 1 is 1.17 bits per heavy atom. The molecule has 2 amide bonds. The number of anilines is 1. The van der Waals surface area contributed by atoms with Crippen molar-refractivity contribution in [3.05, 3.63) is 42.4 Å². The monoisotopic (exact) mass is 407 g/mol. The first-order chi connectivity index (χ1) is 13.9. The van der Waals surface area contributed by atoms with E-state index in [9.17, 15) is 18.0 Å². The zero-order valence-electron chi connectivity index (χ0n) is 15.0. The maximum Gasteiger partial charge on any atom is 0.449 e. The third kappa shape index (κ3) is 4.03. The van der Waals surface area contributed by atoms with Gasteiger partial charge in [0.2, 0.25) is 5.82 Å². The molecule has 1 aliphatic heterocycles. The first kappa shape index (κ1) is 18.8. The predicted molar refractivity (Wildman–Crippen MR) is 97.0 cm³/mol. The second kappa shape index (κ2) is 7.49. The fourth-order valence-corrected chi connectivity index (χ4v) is 2.96. The molecule has 1 aromatic carbocycles. The Kier molecular flexibility index (Phi) is 4.87. The van der Waals surface area contributed by atoms with Crippen molar-refractivity contribution in [3.63, 3.8) is 0 Å². The van der Waals surface area contributed by atoms with Gasteiger partial charge in [0.05, 0.1) is 0 Å². The van der Waals surface area contributed by atoms with E-state index in [0.29, 0.717) is 30.4 Å². The van der Waals surface area contributed by atoms with Gasteiger partial charge in [-0.3, -0.25) is 0 Å². The van der Waals surface area contributed by atoms with Gasteiger partial charge in [0.25, 0.3) is 0 Å². The molecule has 0 bridgehead atoms. The van der Waals surface area contributed by atoms with Gasteiger partial charge >= 0.3 is 12.2 Å². The number of rotatable bonds is 4. The molecule has 0 unspecified atom stereocenters. The average molecular weight is 407 g/mol. The summed E-state index contributed by atoms with van der Waals surface area (Å²) in [6, 6.07) is 7.33. The Bertz CT molecular complexity index is 1050. The number of aromatic nitrogens is 3. The van der Waals surface area contributed by atoms with Gasteiger partial charge in [0, 0.05) is 31.0 Å². The van der Waals surface area contributed by atoms with Gasteiger partial charge in [0.1, 0.15) is 18.7 Å². The number of benzene rings is 1. The van der Waals surface area contributed by atoms with Gasteiger partial charge in [-0.05, 0) is 24.3 Å². The average Bonchev–Trinajstić information content (AvgIpc) is 3.07. The van der Waals surface area contributed by atoms with Crippen LogP contribution >= 0.6 is 0 Å². The van der Waals surface area contributed by atoms with Crippen molar-refractivity contribution in [2.75, 3.05) is 25.1 Å². The van der Waals surface area contributed by atoms with Crippen LogP contribution in [0.4, 0.5) is 23.7 Å². The van der Waals surface area contributed by atoms with Crippen molar-refractivity contribution >= 4 is 22.9 Å². The lowest BCUT2D eigenvalue weighted by Crippen LogP contribution is -2.32. The molecule has 8 nitrogen and oxygen atoms in total. The standard InChI is InChI=1S/C18H16F3N5O3/c19-18(20,21)16-25-12-2-1-5-22-15(12)26(16)7-6-23-17(27)24-11-3-4-13-14(10-11)29-9-8-28-13/h1-5,10H,6-9H2,(H2,23,24,27). The van der Waals surface area contributed by atoms with Crippen molar-refractivity contribution in [2.24, 2.45) is 0 Å². The normalized spacial score (nSPS) is 13.3. The number of imidazole rings is 1. The van der Waals surface area contributed by atoms with Crippen LogP contribution in [0, 0.1) is 0 Å². The second-order valence-electron chi connectivity index (χ2n) is 6.17. The van der Waals surface area contributed by atoms with Gasteiger partial charge in [-0.15, -0.1) is 0 Å². The summed E-state index contributed by atoms with van der Waals surface area (Å²) in [5.74, 6) is 0.0430. The molecule has 3 aromatic rings. The van der Waals surface area contributed by atoms with Crippen LogP contribution in [-0.4, -0.2) is 40.3 Å². The zero-order valence-corrected chi connectivity index (χ0v) is 15.0. The van der Waals surface area contributed by atoms with E-state index in [1.165, 1.54) is 18.3 Å². The van der Waals surface area contributed by atoms with Crippen LogP contribution < -0.4 is 20.1 Å². The van der Waals surface area contributed by atoms with E-state index in [1.54, 1.807) is 18.2 Å². The molecule has 11 heteroatoms. The summed E-state index contributed by atoms with van der Waals surface area (Å²) in [5, 5.41) is 5.13. The van der Waals surface area contributed by atoms with Crippen molar-refractivity contribution in [1.82, 2.24) is 19.9 Å². The van der Waals surface area contributed by atoms with Crippen molar-refractivity contribution in [3.8, 4) is 11.5 Å². The molecular weight excluding hydrogens is 391 g/mol. The third-order valence-electron chi connectivity index (χ3n) is 4.18. The molecule has 1 aliphatic rings. The molecule has 152 valence electrons. The second-order valence-corrected chi connectivity index (χ2v) is 6.17. The van der Waals surface area contributed by atoms with Crippen molar-refractivity contribution in [1.29, 1.82) is 0 Å². The maximum atomic E-state index is 13.3. The molecule has 0 saturated heterocycles. The van der Waals surface area contributed by atoms with Crippen LogP contribution in [-0.2, 0) is 12.7 Å². The van der Waals surface area contributed by atoms with Crippen molar-refractivity contribution < 1.29 is 27.4 Å². The topological polar surface area (TPSA) is 90.3 Å². The SMILES string of the molecule is O=C(NCCn1c(C(F)(F)F)nc2cccnc21)Nc1ccc2c(c1)OCCO2. The number of amides is 2. The predicted octanol–water partition coefficient (Wildman–Crippen LogP) is 3.04. The van der Waals surface area contributed by atoms with Crippen molar-refractivity contribution in [2.45, 2.75) is 12.7 Å². The lowest BCUT2D eigenvalue weighted by Gasteiger charge is -2.19. The van der Waals surface area contributed by atoms with Crippen LogP contribution in [0.3, 0.4) is 0 Å². The molecule has 0 saturated carbocycles. The fraction of sp³-hybridized carbons (Fsp3) is 0.278. The van der Waals surface area contributed by atoms with Crippen LogP contribution in [0.5, 0.6) is 11.5 Å². The molecule has 0 spiro atoms. The minimum atomic E-state index is -4.63. The number of fused-ring (bicyclic) bond motifs is 2. The number of carbonyl (C=O) groups excluding carboxylic acids is 1. The quantitative estimate of drug-likeness (QED) is 0.694. The molecule has 3 heterocycles. The lowest BCUT2D eigenvalue weighted by molar-refractivity contribution is -0.146. The van der Waals surface area contributed by atoms with E-state index in [4.69, 9.17) is 9.47 Å². The largest absolute Gasteiger partial charge is 0.486 e. The number of hydrogen-bond donors (Lipinski definition) is 2. The number of nitrogens with zero attached hydrogens (tertiary/aromatic N) is 3. The minimum Gasteiger partial charge on any atom is -0.486 e. The lowest BCUT2D eigenvalue weighted by atomic mass is 10.2. The van der Waals surface area contributed by atoms with E-state index in [1.807, 2.05) is 0 Å².